The number of hydrogen-bond acceptors (Lipinski definition) is 4. The normalized spacial score (nSPS) is 12.3. The third-order valence-corrected chi connectivity index (χ3v) is 3.30. The quantitative estimate of drug-likeness (QED) is 0.832. The summed E-state index contributed by atoms with van der Waals surface area (Å²) in [6.45, 7) is 2.22. The summed E-state index contributed by atoms with van der Waals surface area (Å²) in [5, 5.41) is 3.10. The molecule has 1 aromatic rings. The molecule has 0 aromatic carbocycles. The Morgan fingerprint density at radius 3 is 2.87 bits per heavy atom. The third kappa shape index (κ3) is 3.30. The van der Waals surface area contributed by atoms with Crippen molar-refractivity contribution in [1.29, 1.82) is 0 Å². The molecule has 15 heavy (non-hydrogen) atoms. The van der Waals surface area contributed by atoms with Crippen LogP contribution >= 0.6 is 11.8 Å². The van der Waals surface area contributed by atoms with Crippen molar-refractivity contribution in [3.05, 3.63) is 18.5 Å². The molecule has 3 nitrogen and oxygen atoms in total. The highest BCUT2D eigenvalue weighted by Crippen LogP contribution is 2.19. The van der Waals surface area contributed by atoms with Gasteiger partial charge in [0.15, 0.2) is 0 Å². The van der Waals surface area contributed by atoms with Gasteiger partial charge in [0, 0.05) is 25.9 Å². The number of anilines is 2. The molecule has 1 unspecified atom stereocenters. The zero-order valence-corrected chi connectivity index (χ0v) is 10.6. The van der Waals surface area contributed by atoms with E-state index in [1.807, 2.05) is 31.2 Å². The van der Waals surface area contributed by atoms with Gasteiger partial charge < -0.3 is 10.2 Å². The van der Waals surface area contributed by atoms with Crippen LogP contribution in [0.25, 0.3) is 0 Å². The molecule has 1 atom stereocenters. The van der Waals surface area contributed by atoms with Crippen LogP contribution < -0.4 is 10.2 Å². The Morgan fingerprint density at radius 2 is 2.27 bits per heavy atom. The van der Waals surface area contributed by atoms with Crippen LogP contribution in [-0.2, 0) is 0 Å². The van der Waals surface area contributed by atoms with E-state index in [9.17, 15) is 0 Å². The van der Waals surface area contributed by atoms with Gasteiger partial charge >= 0.3 is 0 Å². The second-order valence-electron chi connectivity index (χ2n) is 3.60. The van der Waals surface area contributed by atoms with E-state index in [0.29, 0.717) is 6.04 Å². The van der Waals surface area contributed by atoms with Crippen LogP contribution in [0.2, 0.25) is 0 Å². The topological polar surface area (TPSA) is 28.2 Å². The molecule has 1 N–H and O–H groups in total. The van der Waals surface area contributed by atoms with Crippen LogP contribution in [0.3, 0.4) is 0 Å². The summed E-state index contributed by atoms with van der Waals surface area (Å²) in [5.41, 5.74) is 2.21. The standard InChI is InChI=1S/C11H19N3S/c1-9(8-15-4)14(3)11-5-10(12-2)6-13-7-11/h5-7,9,12H,8H2,1-4H3. The molecule has 84 valence electrons. The molecule has 0 spiro atoms. The van der Waals surface area contributed by atoms with Gasteiger partial charge in [-0.1, -0.05) is 0 Å². The summed E-state index contributed by atoms with van der Waals surface area (Å²) in [6.07, 6.45) is 5.86. The van der Waals surface area contributed by atoms with E-state index in [1.165, 1.54) is 0 Å². The first-order chi connectivity index (χ1) is 7.19. The Morgan fingerprint density at radius 1 is 1.53 bits per heavy atom. The smallest absolute Gasteiger partial charge is 0.0573 e. The predicted molar refractivity (Wildman–Crippen MR) is 70.0 cm³/mol. The number of hydrogen-bond donors (Lipinski definition) is 1. The van der Waals surface area contributed by atoms with E-state index in [0.717, 1.165) is 17.1 Å². The van der Waals surface area contributed by atoms with Crippen molar-refractivity contribution in [2.75, 3.05) is 36.3 Å². The molecular weight excluding hydrogens is 206 g/mol. The molecule has 4 heteroatoms. The van der Waals surface area contributed by atoms with Gasteiger partial charge in [-0.3, -0.25) is 4.98 Å². The lowest BCUT2D eigenvalue weighted by atomic mass is 10.3. The first-order valence-electron chi connectivity index (χ1n) is 5.03. The molecule has 1 aromatic heterocycles. The van der Waals surface area contributed by atoms with Gasteiger partial charge in [0.1, 0.15) is 0 Å². The number of rotatable bonds is 5. The van der Waals surface area contributed by atoms with Gasteiger partial charge in [0.2, 0.25) is 0 Å². The number of pyridine rings is 1. The number of nitrogens with zero attached hydrogens (tertiary/aromatic N) is 2. The van der Waals surface area contributed by atoms with E-state index < -0.39 is 0 Å². The van der Waals surface area contributed by atoms with Crippen LogP contribution in [0.5, 0.6) is 0 Å². The maximum atomic E-state index is 4.21. The molecule has 0 saturated heterocycles. The first-order valence-corrected chi connectivity index (χ1v) is 6.43. The van der Waals surface area contributed by atoms with Crippen LogP contribution in [0.4, 0.5) is 11.4 Å². The lowest BCUT2D eigenvalue weighted by molar-refractivity contribution is 0.764. The number of thioether (sulfide) groups is 1. The Bertz CT molecular complexity index is 304. The van der Waals surface area contributed by atoms with Crippen LogP contribution in [-0.4, -0.2) is 37.1 Å². The zero-order chi connectivity index (χ0) is 11.3. The molecule has 0 amide bonds. The van der Waals surface area contributed by atoms with E-state index in [4.69, 9.17) is 0 Å². The third-order valence-electron chi connectivity index (χ3n) is 2.49. The first kappa shape index (κ1) is 12.2. The Hall–Kier alpha value is -0.900. The van der Waals surface area contributed by atoms with E-state index in [-0.39, 0.29) is 0 Å². The van der Waals surface area contributed by atoms with Gasteiger partial charge in [0.05, 0.1) is 23.8 Å². The Labute approximate surface area is 96.3 Å². The summed E-state index contributed by atoms with van der Waals surface area (Å²) in [7, 11) is 4.02. The van der Waals surface area contributed by atoms with Gasteiger partial charge in [-0.15, -0.1) is 0 Å². The van der Waals surface area contributed by atoms with Gasteiger partial charge in [0.25, 0.3) is 0 Å². The lowest BCUT2D eigenvalue weighted by Crippen LogP contribution is -2.30. The zero-order valence-electron chi connectivity index (χ0n) is 9.82. The molecule has 0 bridgehead atoms. The molecule has 0 aliphatic carbocycles. The largest absolute Gasteiger partial charge is 0.387 e. The monoisotopic (exact) mass is 225 g/mol. The molecule has 0 saturated carbocycles. The molecule has 0 radical (unpaired) electrons. The number of aromatic nitrogens is 1. The van der Waals surface area contributed by atoms with Gasteiger partial charge in [-0.2, -0.15) is 11.8 Å². The van der Waals surface area contributed by atoms with Crippen molar-refractivity contribution in [3.8, 4) is 0 Å². The molecule has 1 heterocycles. The van der Waals surface area contributed by atoms with Crippen molar-refractivity contribution < 1.29 is 0 Å². The second kappa shape index (κ2) is 5.85. The lowest BCUT2D eigenvalue weighted by Gasteiger charge is -2.26. The van der Waals surface area contributed by atoms with Crippen LogP contribution in [0.15, 0.2) is 18.5 Å². The van der Waals surface area contributed by atoms with E-state index in [1.54, 1.807) is 0 Å². The fourth-order valence-corrected chi connectivity index (χ4v) is 2.07. The highest BCUT2D eigenvalue weighted by atomic mass is 32.2. The van der Waals surface area contributed by atoms with Crippen molar-refractivity contribution in [3.63, 3.8) is 0 Å². The molecule has 1 rings (SSSR count). The molecule has 0 aliphatic rings. The van der Waals surface area contributed by atoms with Gasteiger partial charge in [-0.25, -0.2) is 0 Å². The fraction of sp³-hybridized carbons (Fsp3) is 0.545. The van der Waals surface area contributed by atoms with Crippen molar-refractivity contribution in [1.82, 2.24) is 4.98 Å². The predicted octanol–water partition coefficient (Wildman–Crippen LogP) is 2.31. The van der Waals surface area contributed by atoms with Crippen molar-refractivity contribution >= 4 is 23.1 Å². The SMILES string of the molecule is CNc1cncc(N(C)C(C)CSC)c1. The Balaban J connectivity index is 2.76. The highest BCUT2D eigenvalue weighted by molar-refractivity contribution is 7.98. The van der Waals surface area contributed by atoms with Gasteiger partial charge in [-0.05, 0) is 19.2 Å². The van der Waals surface area contributed by atoms with E-state index in [2.05, 4.69) is 41.5 Å². The van der Waals surface area contributed by atoms with E-state index >= 15 is 0 Å². The highest BCUT2D eigenvalue weighted by Gasteiger charge is 2.09. The Kier molecular flexibility index (Phi) is 4.75. The van der Waals surface area contributed by atoms with Crippen LogP contribution in [0, 0.1) is 0 Å². The van der Waals surface area contributed by atoms with Crippen molar-refractivity contribution in [2.45, 2.75) is 13.0 Å². The minimum absolute atomic E-state index is 0.522. The minimum Gasteiger partial charge on any atom is -0.387 e. The maximum absolute atomic E-state index is 4.21. The average molecular weight is 225 g/mol. The fourth-order valence-electron chi connectivity index (χ4n) is 1.36. The maximum Gasteiger partial charge on any atom is 0.0573 e. The summed E-state index contributed by atoms with van der Waals surface area (Å²) in [6, 6.07) is 2.64. The summed E-state index contributed by atoms with van der Waals surface area (Å²) < 4.78 is 0. The minimum atomic E-state index is 0.522. The van der Waals surface area contributed by atoms with Crippen LogP contribution in [0.1, 0.15) is 6.92 Å². The summed E-state index contributed by atoms with van der Waals surface area (Å²) in [4.78, 5) is 6.46. The molecular formula is C11H19N3S. The average Bonchev–Trinajstić information content (AvgIpc) is 2.28. The molecule has 0 aliphatic heterocycles. The summed E-state index contributed by atoms with van der Waals surface area (Å²) >= 11 is 1.86. The summed E-state index contributed by atoms with van der Waals surface area (Å²) in [5.74, 6) is 1.13. The second-order valence-corrected chi connectivity index (χ2v) is 4.51. The molecule has 0 fully saturated rings. The number of nitrogens with one attached hydrogen (secondary N) is 1. The van der Waals surface area contributed by atoms with Crippen molar-refractivity contribution in [2.24, 2.45) is 0 Å².